The summed E-state index contributed by atoms with van der Waals surface area (Å²) >= 11 is 3.41. The monoisotopic (exact) mass is 413 g/mol. The van der Waals surface area contributed by atoms with Gasteiger partial charge in [-0.15, -0.1) is 0 Å². The van der Waals surface area contributed by atoms with Crippen LogP contribution in [0.3, 0.4) is 0 Å². The molecule has 0 radical (unpaired) electrons. The lowest BCUT2D eigenvalue weighted by Crippen LogP contribution is -2.17. The van der Waals surface area contributed by atoms with Crippen LogP contribution in [0.1, 0.15) is 47.9 Å². The second kappa shape index (κ2) is 6.69. The van der Waals surface area contributed by atoms with Gasteiger partial charge in [-0.3, -0.25) is 4.68 Å². The first kappa shape index (κ1) is 17.0. The Morgan fingerprint density at radius 3 is 2.77 bits per heavy atom. The number of nitrogens with zero attached hydrogens (tertiary/aromatic N) is 5. The van der Waals surface area contributed by atoms with Gasteiger partial charge in [0.15, 0.2) is 5.69 Å². The molecule has 0 bridgehead atoms. The summed E-state index contributed by atoms with van der Waals surface area (Å²) < 4.78 is 17.8. The zero-order chi connectivity index (χ0) is 18.3. The molecule has 0 amide bonds. The quantitative estimate of drug-likeness (QED) is 0.633. The summed E-state index contributed by atoms with van der Waals surface area (Å²) in [6, 6.07) is 9.13. The van der Waals surface area contributed by atoms with E-state index in [2.05, 4.69) is 32.2 Å². The van der Waals surface area contributed by atoms with Gasteiger partial charge in [-0.2, -0.15) is 15.5 Å². The second-order valence-corrected chi connectivity index (χ2v) is 7.50. The molecule has 0 spiro atoms. The fourth-order valence-electron chi connectivity index (χ4n) is 3.23. The Bertz CT molecular complexity index is 1010. The maximum Gasteiger partial charge on any atom is 0.166 e. The number of halogens is 2. The third-order valence-electron chi connectivity index (χ3n) is 4.78. The van der Waals surface area contributed by atoms with Gasteiger partial charge in [-0.25, -0.2) is 9.07 Å². The molecular formula is C19H17BrFN5. The minimum atomic E-state index is -0.306. The van der Waals surface area contributed by atoms with Crippen molar-refractivity contribution < 1.29 is 4.39 Å². The first-order valence-electron chi connectivity index (χ1n) is 8.54. The highest BCUT2D eigenvalue weighted by Crippen LogP contribution is 2.32. The van der Waals surface area contributed by atoms with Crippen LogP contribution in [0.25, 0.3) is 5.69 Å². The van der Waals surface area contributed by atoms with E-state index in [0.717, 1.165) is 35.5 Å². The van der Waals surface area contributed by atoms with Gasteiger partial charge < -0.3 is 0 Å². The topological polar surface area (TPSA) is 59.4 Å². The van der Waals surface area contributed by atoms with Crippen molar-refractivity contribution >= 4 is 15.9 Å². The van der Waals surface area contributed by atoms with Gasteiger partial charge >= 0.3 is 0 Å². The zero-order valence-corrected chi connectivity index (χ0v) is 15.9. The lowest BCUT2D eigenvalue weighted by atomic mass is 9.93. The molecule has 7 heteroatoms. The minimum Gasteiger partial charge on any atom is -0.268 e. The fraction of sp³-hybridized carbons (Fsp3) is 0.316. The minimum absolute atomic E-state index is 0.306. The van der Waals surface area contributed by atoms with E-state index >= 15 is 0 Å². The number of hydrogen-bond donors (Lipinski definition) is 0. The predicted molar refractivity (Wildman–Crippen MR) is 98.6 cm³/mol. The van der Waals surface area contributed by atoms with Crippen LogP contribution >= 0.6 is 15.9 Å². The summed E-state index contributed by atoms with van der Waals surface area (Å²) in [4.78, 5) is 0. The molecule has 1 fully saturated rings. The van der Waals surface area contributed by atoms with Crippen LogP contribution in [0.2, 0.25) is 0 Å². The molecule has 0 unspecified atom stereocenters. The Balaban J connectivity index is 1.71. The van der Waals surface area contributed by atoms with Gasteiger partial charge in [-0.05, 0) is 66.4 Å². The Labute approximate surface area is 159 Å². The highest BCUT2D eigenvalue weighted by Gasteiger charge is 2.23. The normalized spacial score (nSPS) is 14.2. The third kappa shape index (κ3) is 3.06. The van der Waals surface area contributed by atoms with Crippen LogP contribution in [0.15, 0.2) is 34.9 Å². The summed E-state index contributed by atoms with van der Waals surface area (Å²) in [5.74, 6) is -0.306. The molecule has 1 aliphatic carbocycles. The summed E-state index contributed by atoms with van der Waals surface area (Å²) in [7, 11) is 0. The molecule has 1 aromatic carbocycles. The van der Waals surface area contributed by atoms with Gasteiger partial charge in [0, 0.05) is 28.3 Å². The third-order valence-corrected chi connectivity index (χ3v) is 5.41. The average molecular weight is 414 g/mol. The lowest BCUT2D eigenvalue weighted by molar-refractivity contribution is 0.289. The molecule has 0 aliphatic heterocycles. The van der Waals surface area contributed by atoms with E-state index < -0.39 is 0 Å². The summed E-state index contributed by atoms with van der Waals surface area (Å²) in [6.07, 6.45) is 5.97. The summed E-state index contributed by atoms with van der Waals surface area (Å²) in [5, 5.41) is 18.4. The van der Waals surface area contributed by atoms with Gasteiger partial charge in [0.2, 0.25) is 0 Å². The van der Waals surface area contributed by atoms with Crippen molar-refractivity contribution in [2.24, 2.45) is 0 Å². The smallest absolute Gasteiger partial charge is 0.166 e. The second-order valence-electron chi connectivity index (χ2n) is 6.64. The highest BCUT2D eigenvalue weighted by molar-refractivity contribution is 9.10. The predicted octanol–water partition coefficient (Wildman–Crippen LogP) is 4.47. The molecule has 2 heterocycles. The number of rotatable bonds is 4. The van der Waals surface area contributed by atoms with E-state index in [1.807, 2.05) is 23.9 Å². The standard InChI is InChI=1S/C19H17BrFN5/c1-12-7-16(26(23-12)19-6-5-14(21)9-17(19)20)8-13-11-25(15-3-2-4-15)24-18(13)10-22/h5-7,9,11,15H,2-4,8H2,1H3. The molecule has 4 rings (SSSR count). The van der Waals surface area contributed by atoms with Crippen LogP contribution < -0.4 is 0 Å². The molecule has 1 saturated carbocycles. The number of aromatic nitrogens is 4. The molecule has 3 aromatic rings. The zero-order valence-electron chi connectivity index (χ0n) is 14.3. The molecule has 132 valence electrons. The first-order chi connectivity index (χ1) is 12.5. The van der Waals surface area contributed by atoms with E-state index in [0.29, 0.717) is 22.6 Å². The fourth-order valence-corrected chi connectivity index (χ4v) is 3.75. The SMILES string of the molecule is Cc1cc(Cc2cn(C3CCC3)nc2C#N)n(-c2ccc(F)cc2Br)n1. The van der Waals surface area contributed by atoms with Gasteiger partial charge in [-0.1, -0.05) is 0 Å². The van der Waals surface area contributed by atoms with Crippen molar-refractivity contribution in [1.29, 1.82) is 5.26 Å². The van der Waals surface area contributed by atoms with Crippen LogP contribution in [0, 0.1) is 24.1 Å². The van der Waals surface area contributed by atoms with Crippen LogP contribution in [0.4, 0.5) is 4.39 Å². The van der Waals surface area contributed by atoms with Crippen molar-refractivity contribution in [1.82, 2.24) is 19.6 Å². The molecule has 1 aliphatic rings. The molecule has 5 nitrogen and oxygen atoms in total. The maximum absolute atomic E-state index is 13.4. The number of nitriles is 1. The van der Waals surface area contributed by atoms with Crippen molar-refractivity contribution in [2.45, 2.75) is 38.6 Å². The Kier molecular flexibility index (Phi) is 4.37. The van der Waals surface area contributed by atoms with Gasteiger partial charge in [0.25, 0.3) is 0 Å². The Hall–Kier alpha value is -2.46. The maximum atomic E-state index is 13.4. The molecule has 0 saturated heterocycles. The lowest BCUT2D eigenvalue weighted by Gasteiger charge is -2.25. The number of aryl methyl sites for hydroxylation is 1. The van der Waals surface area contributed by atoms with Crippen LogP contribution in [0.5, 0.6) is 0 Å². The highest BCUT2D eigenvalue weighted by atomic mass is 79.9. The first-order valence-corrected chi connectivity index (χ1v) is 9.33. The van der Waals surface area contributed by atoms with Crippen LogP contribution in [-0.4, -0.2) is 19.6 Å². The van der Waals surface area contributed by atoms with Crippen molar-refractivity contribution in [3.63, 3.8) is 0 Å². The van der Waals surface area contributed by atoms with Crippen molar-refractivity contribution in [2.75, 3.05) is 0 Å². The largest absolute Gasteiger partial charge is 0.268 e. The van der Waals surface area contributed by atoms with E-state index in [-0.39, 0.29) is 5.82 Å². The average Bonchev–Trinajstić information content (AvgIpc) is 3.09. The molecule has 2 aromatic heterocycles. The molecule has 0 atom stereocenters. The Morgan fingerprint density at radius 1 is 1.31 bits per heavy atom. The van der Waals surface area contributed by atoms with Crippen LogP contribution in [-0.2, 0) is 6.42 Å². The van der Waals surface area contributed by atoms with E-state index in [1.165, 1.54) is 18.6 Å². The molecular weight excluding hydrogens is 397 g/mol. The number of benzene rings is 1. The Morgan fingerprint density at radius 2 is 2.12 bits per heavy atom. The van der Waals surface area contributed by atoms with Gasteiger partial charge in [0.05, 0.1) is 17.4 Å². The number of hydrogen-bond acceptors (Lipinski definition) is 3. The van der Waals surface area contributed by atoms with Gasteiger partial charge in [0.1, 0.15) is 11.9 Å². The summed E-state index contributed by atoms with van der Waals surface area (Å²) in [6.45, 7) is 1.92. The summed E-state index contributed by atoms with van der Waals surface area (Å²) in [5.41, 5.74) is 3.90. The molecule has 0 N–H and O–H groups in total. The van der Waals surface area contributed by atoms with E-state index in [9.17, 15) is 9.65 Å². The van der Waals surface area contributed by atoms with Crippen molar-refractivity contribution in [3.05, 3.63) is 63.4 Å². The molecule has 26 heavy (non-hydrogen) atoms. The van der Waals surface area contributed by atoms with Crippen molar-refractivity contribution in [3.8, 4) is 11.8 Å². The van der Waals surface area contributed by atoms with E-state index in [4.69, 9.17) is 0 Å². The van der Waals surface area contributed by atoms with E-state index in [1.54, 1.807) is 10.7 Å².